The number of nitrogens with zero attached hydrogens (tertiary/aromatic N) is 1. The summed E-state index contributed by atoms with van der Waals surface area (Å²) in [6, 6.07) is 16.9. The number of hydrogen-bond acceptors (Lipinski definition) is 2. The molecule has 0 aliphatic heterocycles. The van der Waals surface area contributed by atoms with E-state index in [-0.39, 0.29) is 24.0 Å². The summed E-state index contributed by atoms with van der Waals surface area (Å²) in [6.45, 7) is 7.14. The van der Waals surface area contributed by atoms with Gasteiger partial charge >= 0.3 is 0 Å². The van der Waals surface area contributed by atoms with Gasteiger partial charge in [-0.2, -0.15) is 0 Å². The van der Waals surface area contributed by atoms with Crippen LogP contribution in [0.15, 0.2) is 53.5 Å². The zero-order chi connectivity index (χ0) is 17.9. The Balaban J connectivity index is 0.00000338. The molecule has 0 aromatic heterocycles. The molecule has 0 unspecified atom stereocenters. The maximum absolute atomic E-state index is 5.68. The van der Waals surface area contributed by atoms with Gasteiger partial charge in [-0.25, -0.2) is 0 Å². The summed E-state index contributed by atoms with van der Waals surface area (Å²) in [7, 11) is 1.79. The summed E-state index contributed by atoms with van der Waals surface area (Å²) >= 11 is 0. The standard InChI is InChI=1S/C21H29N3O.HI/c1-4-13-25-16-20-8-6-5-7-19(20)15-24-21(22-3)23-14-18-11-9-17(2)10-12-18;/h5-12H,4,13-16H2,1-3H3,(H2,22,23,24);1H. The number of aryl methyl sites for hydroxylation is 1. The Morgan fingerprint density at radius 1 is 0.962 bits per heavy atom. The van der Waals surface area contributed by atoms with Crippen molar-refractivity contribution in [2.75, 3.05) is 13.7 Å². The molecule has 0 atom stereocenters. The van der Waals surface area contributed by atoms with E-state index in [1.165, 1.54) is 22.3 Å². The molecule has 0 aliphatic carbocycles. The fourth-order valence-electron chi connectivity index (χ4n) is 2.49. The average Bonchev–Trinajstić information content (AvgIpc) is 2.64. The minimum atomic E-state index is 0. The van der Waals surface area contributed by atoms with E-state index < -0.39 is 0 Å². The molecule has 0 aliphatic rings. The molecular formula is C21H30IN3O. The van der Waals surface area contributed by atoms with Crippen molar-refractivity contribution in [3.05, 3.63) is 70.8 Å². The molecule has 0 bridgehead atoms. The highest BCUT2D eigenvalue weighted by Crippen LogP contribution is 2.10. The summed E-state index contributed by atoms with van der Waals surface area (Å²) in [5, 5.41) is 6.74. The van der Waals surface area contributed by atoms with Crippen LogP contribution in [0.2, 0.25) is 0 Å². The maximum atomic E-state index is 5.68. The number of ether oxygens (including phenoxy) is 1. The smallest absolute Gasteiger partial charge is 0.191 e. The Morgan fingerprint density at radius 3 is 2.27 bits per heavy atom. The fourth-order valence-corrected chi connectivity index (χ4v) is 2.49. The Labute approximate surface area is 174 Å². The lowest BCUT2D eigenvalue weighted by Crippen LogP contribution is -2.36. The van der Waals surface area contributed by atoms with Crippen molar-refractivity contribution >= 4 is 29.9 Å². The normalized spacial score (nSPS) is 11.0. The van der Waals surface area contributed by atoms with Crippen LogP contribution in [0, 0.1) is 6.92 Å². The second-order valence-corrected chi connectivity index (χ2v) is 6.09. The van der Waals surface area contributed by atoms with Gasteiger partial charge in [0.05, 0.1) is 6.61 Å². The quantitative estimate of drug-likeness (QED) is 0.262. The van der Waals surface area contributed by atoms with Crippen LogP contribution in [0.3, 0.4) is 0 Å². The zero-order valence-corrected chi connectivity index (χ0v) is 18.2. The first kappa shape index (κ1) is 22.4. The van der Waals surface area contributed by atoms with Crippen LogP contribution in [0.5, 0.6) is 0 Å². The van der Waals surface area contributed by atoms with Crippen molar-refractivity contribution in [1.29, 1.82) is 0 Å². The number of guanidine groups is 1. The lowest BCUT2D eigenvalue weighted by Gasteiger charge is -2.14. The number of nitrogens with one attached hydrogen (secondary N) is 2. The first-order valence-electron chi connectivity index (χ1n) is 8.87. The van der Waals surface area contributed by atoms with Crippen molar-refractivity contribution in [2.24, 2.45) is 4.99 Å². The summed E-state index contributed by atoms with van der Waals surface area (Å²) in [5.41, 5.74) is 4.96. The maximum Gasteiger partial charge on any atom is 0.191 e. The van der Waals surface area contributed by atoms with E-state index in [0.717, 1.165) is 32.1 Å². The average molecular weight is 467 g/mol. The van der Waals surface area contributed by atoms with Crippen molar-refractivity contribution in [3.63, 3.8) is 0 Å². The molecule has 2 N–H and O–H groups in total. The Hall–Kier alpha value is -1.60. The predicted molar refractivity (Wildman–Crippen MR) is 120 cm³/mol. The largest absolute Gasteiger partial charge is 0.377 e. The fraction of sp³-hybridized carbons (Fsp3) is 0.381. The van der Waals surface area contributed by atoms with E-state index >= 15 is 0 Å². The third-order valence-electron chi connectivity index (χ3n) is 3.97. The first-order valence-corrected chi connectivity index (χ1v) is 8.87. The van der Waals surface area contributed by atoms with Gasteiger partial charge in [-0.05, 0) is 30.0 Å². The number of halogens is 1. The summed E-state index contributed by atoms with van der Waals surface area (Å²) in [6.07, 6.45) is 1.04. The van der Waals surface area contributed by atoms with Crippen LogP contribution in [0.4, 0.5) is 0 Å². The minimum Gasteiger partial charge on any atom is -0.377 e. The molecule has 142 valence electrons. The molecule has 0 amide bonds. The van der Waals surface area contributed by atoms with Crippen molar-refractivity contribution < 1.29 is 4.74 Å². The van der Waals surface area contributed by atoms with Gasteiger partial charge in [0.15, 0.2) is 5.96 Å². The Morgan fingerprint density at radius 2 is 1.62 bits per heavy atom. The molecule has 2 rings (SSSR count). The molecule has 2 aromatic carbocycles. The van der Waals surface area contributed by atoms with Crippen molar-refractivity contribution in [2.45, 2.75) is 40.0 Å². The molecule has 0 spiro atoms. The van der Waals surface area contributed by atoms with Crippen LogP contribution >= 0.6 is 24.0 Å². The van der Waals surface area contributed by atoms with E-state index in [9.17, 15) is 0 Å². The number of hydrogen-bond donors (Lipinski definition) is 2. The highest BCUT2D eigenvalue weighted by molar-refractivity contribution is 14.0. The lowest BCUT2D eigenvalue weighted by atomic mass is 10.1. The van der Waals surface area contributed by atoms with Gasteiger partial charge in [-0.1, -0.05) is 61.0 Å². The molecule has 2 aromatic rings. The highest BCUT2D eigenvalue weighted by atomic mass is 127. The summed E-state index contributed by atoms with van der Waals surface area (Å²) < 4.78 is 5.68. The molecule has 4 nitrogen and oxygen atoms in total. The molecule has 0 radical (unpaired) electrons. The molecule has 0 fully saturated rings. The van der Waals surface area contributed by atoms with Crippen LogP contribution < -0.4 is 10.6 Å². The molecule has 0 saturated carbocycles. The third-order valence-corrected chi connectivity index (χ3v) is 3.97. The van der Waals surface area contributed by atoms with E-state index in [1.54, 1.807) is 7.05 Å². The van der Waals surface area contributed by atoms with Gasteiger partial charge in [0.2, 0.25) is 0 Å². The van der Waals surface area contributed by atoms with E-state index in [1.807, 2.05) is 0 Å². The topological polar surface area (TPSA) is 45.6 Å². The summed E-state index contributed by atoms with van der Waals surface area (Å²) in [5.74, 6) is 0.796. The number of aliphatic imine (C=N–C) groups is 1. The van der Waals surface area contributed by atoms with Crippen LogP contribution in [0.1, 0.15) is 35.6 Å². The monoisotopic (exact) mass is 467 g/mol. The third kappa shape index (κ3) is 7.74. The summed E-state index contributed by atoms with van der Waals surface area (Å²) in [4.78, 5) is 4.30. The molecule has 0 heterocycles. The Bertz CT molecular complexity index is 671. The molecule has 5 heteroatoms. The number of benzene rings is 2. The van der Waals surface area contributed by atoms with Gasteiger partial charge in [-0.3, -0.25) is 4.99 Å². The SMILES string of the molecule is CCCOCc1ccccc1CNC(=NC)NCc1ccc(C)cc1.I. The van der Waals surface area contributed by atoms with Crippen LogP contribution in [-0.2, 0) is 24.4 Å². The van der Waals surface area contributed by atoms with Gasteiger partial charge in [0.25, 0.3) is 0 Å². The van der Waals surface area contributed by atoms with Crippen molar-refractivity contribution in [3.8, 4) is 0 Å². The lowest BCUT2D eigenvalue weighted by molar-refractivity contribution is 0.121. The Kier molecular flexibility index (Phi) is 11.0. The second-order valence-electron chi connectivity index (χ2n) is 6.09. The van der Waals surface area contributed by atoms with Crippen LogP contribution in [-0.4, -0.2) is 19.6 Å². The second kappa shape index (κ2) is 12.7. The van der Waals surface area contributed by atoms with E-state index in [4.69, 9.17) is 4.74 Å². The predicted octanol–water partition coefficient (Wildman–Crippen LogP) is 4.40. The molecule has 26 heavy (non-hydrogen) atoms. The molecule has 0 saturated heterocycles. The minimum absolute atomic E-state index is 0. The van der Waals surface area contributed by atoms with Gasteiger partial charge < -0.3 is 15.4 Å². The van der Waals surface area contributed by atoms with Crippen molar-refractivity contribution in [1.82, 2.24) is 10.6 Å². The number of rotatable bonds is 8. The highest BCUT2D eigenvalue weighted by Gasteiger charge is 2.04. The first-order chi connectivity index (χ1) is 12.2. The van der Waals surface area contributed by atoms with Gasteiger partial charge in [0.1, 0.15) is 0 Å². The van der Waals surface area contributed by atoms with Gasteiger partial charge in [-0.15, -0.1) is 24.0 Å². The van der Waals surface area contributed by atoms with E-state index in [2.05, 4.69) is 78.0 Å². The van der Waals surface area contributed by atoms with Crippen LogP contribution in [0.25, 0.3) is 0 Å². The molecular weight excluding hydrogens is 437 g/mol. The van der Waals surface area contributed by atoms with E-state index in [0.29, 0.717) is 6.61 Å². The van der Waals surface area contributed by atoms with Gasteiger partial charge in [0, 0.05) is 26.7 Å². The zero-order valence-electron chi connectivity index (χ0n) is 15.9.